The van der Waals surface area contributed by atoms with E-state index in [1.165, 1.54) is 12.0 Å². The minimum absolute atomic E-state index is 0.0331. The third kappa shape index (κ3) is 3.07. The molecule has 6 nitrogen and oxygen atoms in total. The van der Waals surface area contributed by atoms with Crippen LogP contribution < -0.4 is 5.73 Å². The Kier molecular flexibility index (Phi) is 4.62. The van der Waals surface area contributed by atoms with Gasteiger partial charge in [0, 0.05) is 23.0 Å². The molecule has 1 atom stereocenters. The maximum absolute atomic E-state index is 12.4. The van der Waals surface area contributed by atoms with E-state index in [4.69, 9.17) is 5.73 Å². The lowest BCUT2D eigenvalue weighted by molar-refractivity contribution is -0.141. The highest BCUT2D eigenvalue weighted by atomic mass is 79.9. The van der Waals surface area contributed by atoms with E-state index < -0.39 is 17.9 Å². The summed E-state index contributed by atoms with van der Waals surface area (Å²) in [6.07, 6.45) is 0.185. The molecular weight excluding hydrogens is 340 g/mol. The van der Waals surface area contributed by atoms with Crippen molar-refractivity contribution in [1.29, 1.82) is 0 Å². The molecular formula is C14H15BrN2O4. The number of esters is 1. The first kappa shape index (κ1) is 15.5. The molecule has 1 aromatic rings. The summed E-state index contributed by atoms with van der Waals surface area (Å²) < 4.78 is 5.36. The van der Waals surface area contributed by atoms with E-state index in [9.17, 15) is 14.4 Å². The zero-order chi connectivity index (χ0) is 15.6. The fourth-order valence-electron chi connectivity index (χ4n) is 2.38. The van der Waals surface area contributed by atoms with Gasteiger partial charge in [-0.15, -0.1) is 0 Å². The first-order chi connectivity index (χ1) is 9.95. The van der Waals surface area contributed by atoms with Crippen LogP contribution in [0.5, 0.6) is 0 Å². The molecule has 2 amide bonds. The second kappa shape index (κ2) is 6.26. The van der Waals surface area contributed by atoms with Gasteiger partial charge in [0.15, 0.2) is 0 Å². The lowest BCUT2D eigenvalue weighted by Crippen LogP contribution is -2.45. The Morgan fingerprint density at radius 2 is 2.19 bits per heavy atom. The first-order valence-electron chi connectivity index (χ1n) is 6.40. The summed E-state index contributed by atoms with van der Waals surface area (Å²) in [6.45, 7) is 0.296. The number of amides is 2. The molecule has 0 aliphatic carbocycles. The number of carbonyl (C=O) groups is 3. The van der Waals surface area contributed by atoms with E-state index >= 15 is 0 Å². The van der Waals surface area contributed by atoms with Crippen molar-refractivity contribution in [1.82, 2.24) is 4.90 Å². The van der Waals surface area contributed by atoms with Crippen molar-refractivity contribution in [3.63, 3.8) is 0 Å². The summed E-state index contributed by atoms with van der Waals surface area (Å²) >= 11 is 3.39. The molecule has 2 rings (SSSR count). The molecule has 1 aromatic carbocycles. The number of halogens is 1. The van der Waals surface area contributed by atoms with E-state index in [1.54, 1.807) is 12.1 Å². The summed E-state index contributed by atoms with van der Waals surface area (Å²) in [4.78, 5) is 36.6. The molecule has 1 aliphatic rings. The third-order valence-electron chi connectivity index (χ3n) is 3.49. The maximum Gasteiger partial charge on any atom is 0.305 e. The zero-order valence-electron chi connectivity index (χ0n) is 11.5. The predicted molar refractivity (Wildman–Crippen MR) is 78.2 cm³/mol. The molecule has 0 unspecified atom stereocenters. The molecule has 7 heteroatoms. The van der Waals surface area contributed by atoms with Gasteiger partial charge in [0.2, 0.25) is 5.91 Å². The average Bonchev–Trinajstić information content (AvgIpc) is 2.78. The number of nitrogens with zero attached hydrogens (tertiary/aromatic N) is 1. The van der Waals surface area contributed by atoms with Gasteiger partial charge in [0.1, 0.15) is 6.04 Å². The van der Waals surface area contributed by atoms with E-state index in [0.717, 1.165) is 10.0 Å². The van der Waals surface area contributed by atoms with Gasteiger partial charge in [0.05, 0.1) is 7.11 Å². The van der Waals surface area contributed by atoms with Gasteiger partial charge < -0.3 is 15.4 Å². The van der Waals surface area contributed by atoms with E-state index in [2.05, 4.69) is 20.7 Å². The lowest BCUT2D eigenvalue weighted by Gasteiger charge is -2.24. The maximum atomic E-state index is 12.4. The number of primary amides is 1. The molecule has 1 heterocycles. The molecule has 0 radical (unpaired) electrons. The predicted octanol–water partition coefficient (Wildman–Crippen LogP) is 1.21. The van der Waals surface area contributed by atoms with Crippen LogP contribution in [0.2, 0.25) is 0 Å². The van der Waals surface area contributed by atoms with E-state index in [0.29, 0.717) is 12.1 Å². The van der Waals surface area contributed by atoms with Gasteiger partial charge in [-0.1, -0.05) is 22.0 Å². The lowest BCUT2D eigenvalue weighted by atomic mass is 10.1. The van der Waals surface area contributed by atoms with Gasteiger partial charge in [-0.25, -0.2) is 0 Å². The largest absolute Gasteiger partial charge is 0.469 e. The average molecular weight is 355 g/mol. The number of rotatable bonds is 5. The first-order valence-corrected chi connectivity index (χ1v) is 7.19. The van der Waals surface area contributed by atoms with Crippen molar-refractivity contribution in [2.24, 2.45) is 5.73 Å². The highest BCUT2D eigenvalue weighted by Crippen LogP contribution is 2.31. The molecule has 0 saturated carbocycles. The van der Waals surface area contributed by atoms with Crippen molar-refractivity contribution in [2.75, 3.05) is 7.11 Å². The summed E-state index contributed by atoms with van der Waals surface area (Å²) in [5.41, 5.74) is 6.76. The number of ether oxygens (including phenoxy) is 1. The van der Waals surface area contributed by atoms with Gasteiger partial charge in [0.25, 0.3) is 5.91 Å². The minimum atomic E-state index is -0.823. The number of fused-ring (bicyclic) bond motifs is 1. The molecule has 112 valence electrons. The van der Waals surface area contributed by atoms with Crippen LogP contribution in [0.4, 0.5) is 0 Å². The highest BCUT2D eigenvalue weighted by molar-refractivity contribution is 9.10. The summed E-state index contributed by atoms with van der Waals surface area (Å²) in [7, 11) is 1.27. The summed E-state index contributed by atoms with van der Waals surface area (Å²) in [5.74, 6) is -1.32. The van der Waals surface area contributed by atoms with Crippen molar-refractivity contribution in [3.05, 3.63) is 33.8 Å². The Bertz CT molecular complexity index is 603. The van der Waals surface area contributed by atoms with Crippen LogP contribution in [0.3, 0.4) is 0 Å². The number of carbonyl (C=O) groups excluding carboxylic acids is 3. The molecule has 0 bridgehead atoms. The van der Waals surface area contributed by atoms with Crippen LogP contribution in [-0.4, -0.2) is 35.8 Å². The van der Waals surface area contributed by atoms with Crippen molar-refractivity contribution in [3.8, 4) is 0 Å². The topological polar surface area (TPSA) is 89.7 Å². The number of hydrogen-bond donors (Lipinski definition) is 1. The molecule has 0 spiro atoms. The van der Waals surface area contributed by atoms with Gasteiger partial charge in [-0.2, -0.15) is 0 Å². The monoisotopic (exact) mass is 354 g/mol. The second-order valence-corrected chi connectivity index (χ2v) is 5.59. The summed E-state index contributed by atoms with van der Waals surface area (Å²) in [6, 6.07) is 4.48. The number of hydrogen-bond acceptors (Lipinski definition) is 4. The van der Waals surface area contributed by atoms with Crippen molar-refractivity contribution >= 4 is 33.7 Å². The van der Waals surface area contributed by atoms with Gasteiger partial charge in [-0.3, -0.25) is 14.4 Å². The van der Waals surface area contributed by atoms with Crippen LogP contribution in [0.25, 0.3) is 0 Å². The normalized spacial score (nSPS) is 14.8. The molecule has 0 fully saturated rings. The van der Waals surface area contributed by atoms with Crippen LogP contribution in [0.1, 0.15) is 28.8 Å². The van der Waals surface area contributed by atoms with Gasteiger partial charge >= 0.3 is 5.97 Å². The van der Waals surface area contributed by atoms with Crippen LogP contribution >= 0.6 is 15.9 Å². The third-order valence-corrected chi connectivity index (χ3v) is 4.24. The molecule has 0 saturated heterocycles. The number of nitrogens with two attached hydrogens (primary N) is 1. The molecule has 1 aliphatic heterocycles. The minimum Gasteiger partial charge on any atom is -0.469 e. The smallest absolute Gasteiger partial charge is 0.305 e. The quantitative estimate of drug-likeness (QED) is 0.804. The number of benzene rings is 1. The fourth-order valence-corrected chi connectivity index (χ4v) is 2.87. The SMILES string of the molecule is COC(=O)CC[C@@H](C(N)=O)N1Cc2c(Br)cccc2C1=O. The van der Waals surface area contributed by atoms with Gasteiger partial charge in [-0.05, 0) is 24.1 Å². The second-order valence-electron chi connectivity index (χ2n) is 4.73. The van der Waals surface area contributed by atoms with Crippen molar-refractivity contribution in [2.45, 2.75) is 25.4 Å². The molecule has 2 N–H and O–H groups in total. The Balaban J connectivity index is 2.20. The molecule has 0 aromatic heterocycles. The summed E-state index contributed by atoms with van der Waals surface area (Å²) in [5, 5.41) is 0. The fraction of sp³-hybridized carbons (Fsp3) is 0.357. The van der Waals surface area contributed by atoms with Crippen LogP contribution in [0.15, 0.2) is 22.7 Å². The van der Waals surface area contributed by atoms with E-state index in [-0.39, 0.29) is 18.7 Å². The van der Waals surface area contributed by atoms with Crippen LogP contribution in [0, 0.1) is 0 Å². The standard InChI is InChI=1S/C14H15BrN2O4/c1-21-12(18)6-5-11(13(16)19)17-7-9-8(14(17)20)3-2-4-10(9)15/h2-4,11H,5-7H2,1H3,(H2,16,19)/t11-/m0/s1. The zero-order valence-corrected chi connectivity index (χ0v) is 13.1. The Morgan fingerprint density at radius 3 is 2.76 bits per heavy atom. The van der Waals surface area contributed by atoms with E-state index in [1.807, 2.05) is 6.07 Å². The number of methoxy groups -OCH3 is 1. The Morgan fingerprint density at radius 1 is 1.48 bits per heavy atom. The molecule has 21 heavy (non-hydrogen) atoms. The highest BCUT2D eigenvalue weighted by Gasteiger charge is 2.36. The Labute approximate surface area is 130 Å². The van der Waals surface area contributed by atoms with Crippen molar-refractivity contribution < 1.29 is 19.1 Å². The van der Waals surface area contributed by atoms with Crippen LogP contribution in [-0.2, 0) is 20.9 Å². The Hall–Kier alpha value is -1.89.